The predicted molar refractivity (Wildman–Crippen MR) is 114 cm³/mol. The molecule has 3 rings (SSSR count). The second-order valence-electron chi connectivity index (χ2n) is 8.34. The maximum Gasteiger partial charge on any atom is 0.239 e. The first-order valence-corrected chi connectivity index (χ1v) is 11.0. The summed E-state index contributed by atoms with van der Waals surface area (Å²) in [5.41, 5.74) is 2.90. The van der Waals surface area contributed by atoms with E-state index in [1.54, 1.807) is 0 Å². The lowest BCUT2D eigenvalue weighted by atomic mass is 9.95. The Bertz CT molecular complexity index is 805. The molecule has 1 aliphatic heterocycles. The summed E-state index contributed by atoms with van der Waals surface area (Å²) in [6, 6.07) is 2.35. The minimum absolute atomic E-state index is 0.0459. The number of nitrogens with one attached hydrogen (secondary N) is 2. The first kappa shape index (κ1) is 22.3. The summed E-state index contributed by atoms with van der Waals surface area (Å²) in [5.74, 6) is 0.462. The number of nitrogens with zero attached hydrogens (tertiary/aromatic N) is 3. The fourth-order valence-electron chi connectivity index (χ4n) is 4.42. The largest absolute Gasteiger partial charge is 0.376 e. The van der Waals surface area contributed by atoms with E-state index in [9.17, 15) is 14.9 Å². The Hall–Kier alpha value is -2.37. The molecule has 0 spiro atoms. The van der Waals surface area contributed by atoms with Crippen molar-refractivity contribution in [2.75, 3.05) is 38.6 Å². The standard InChI is InChI=1S/C22H33N5O3/c1-16(28)24-10-6-11-26(2)15-21(29)25-22-19(13-23)18-8-3-4-9-20(18)27(22)14-17-7-5-12-30-17/h17H,3-12,14-15H2,1-2H3,(H,24,28)(H,25,29). The third-order valence-electron chi connectivity index (χ3n) is 5.86. The molecule has 2 N–H and O–H groups in total. The SMILES string of the molecule is CC(=O)NCCCN(C)CC(=O)Nc1c(C#N)c2c(n1CC1CCCO1)CCCC2. The highest BCUT2D eigenvalue weighted by Crippen LogP contribution is 2.34. The topological polar surface area (TPSA) is 99.4 Å². The number of aromatic nitrogens is 1. The van der Waals surface area contributed by atoms with Gasteiger partial charge in [0.15, 0.2) is 0 Å². The lowest BCUT2D eigenvalue weighted by Gasteiger charge is -2.20. The van der Waals surface area contributed by atoms with E-state index in [2.05, 4.69) is 21.3 Å². The number of fused-ring (bicyclic) bond motifs is 1. The molecule has 1 aromatic rings. The van der Waals surface area contributed by atoms with E-state index in [-0.39, 0.29) is 24.5 Å². The van der Waals surface area contributed by atoms with E-state index >= 15 is 0 Å². The van der Waals surface area contributed by atoms with E-state index in [0.717, 1.165) is 57.1 Å². The molecule has 1 unspecified atom stereocenters. The molecule has 0 aromatic carbocycles. The summed E-state index contributed by atoms with van der Waals surface area (Å²) in [6.07, 6.45) is 7.01. The van der Waals surface area contributed by atoms with E-state index in [4.69, 9.17) is 4.74 Å². The molecule has 2 aliphatic rings. The van der Waals surface area contributed by atoms with Gasteiger partial charge in [0.25, 0.3) is 0 Å². The maximum absolute atomic E-state index is 12.8. The van der Waals surface area contributed by atoms with Gasteiger partial charge >= 0.3 is 0 Å². The minimum atomic E-state index is -0.128. The monoisotopic (exact) mass is 415 g/mol. The molecule has 8 heteroatoms. The van der Waals surface area contributed by atoms with Gasteiger partial charge in [0.2, 0.25) is 11.8 Å². The second-order valence-corrected chi connectivity index (χ2v) is 8.34. The maximum atomic E-state index is 12.8. The Morgan fingerprint density at radius 1 is 1.30 bits per heavy atom. The number of hydrogen-bond acceptors (Lipinski definition) is 5. The van der Waals surface area contributed by atoms with E-state index in [0.29, 0.717) is 31.0 Å². The summed E-state index contributed by atoms with van der Waals surface area (Å²) in [5, 5.41) is 15.6. The van der Waals surface area contributed by atoms with Gasteiger partial charge in [-0.25, -0.2) is 0 Å². The smallest absolute Gasteiger partial charge is 0.239 e. The third-order valence-corrected chi connectivity index (χ3v) is 5.86. The highest BCUT2D eigenvalue weighted by Gasteiger charge is 2.28. The van der Waals surface area contributed by atoms with Gasteiger partial charge < -0.3 is 19.9 Å². The van der Waals surface area contributed by atoms with Crippen LogP contribution in [-0.4, -0.2) is 60.7 Å². The second kappa shape index (κ2) is 10.6. The van der Waals surface area contributed by atoms with E-state index in [1.807, 2.05) is 11.9 Å². The number of anilines is 1. The molecular weight excluding hydrogens is 382 g/mol. The predicted octanol–water partition coefficient (Wildman–Crippen LogP) is 1.81. The summed E-state index contributed by atoms with van der Waals surface area (Å²) >= 11 is 0. The van der Waals surface area contributed by atoms with Crippen molar-refractivity contribution in [2.24, 2.45) is 0 Å². The van der Waals surface area contributed by atoms with E-state index in [1.165, 1.54) is 12.6 Å². The average Bonchev–Trinajstić information content (AvgIpc) is 3.32. The quantitative estimate of drug-likeness (QED) is 0.600. The molecular formula is C22H33N5O3. The average molecular weight is 416 g/mol. The number of likely N-dealkylation sites (N-methyl/N-ethyl adjacent to an activating group) is 1. The minimum Gasteiger partial charge on any atom is -0.376 e. The molecule has 1 atom stereocenters. The molecule has 8 nitrogen and oxygen atoms in total. The molecule has 2 heterocycles. The Balaban J connectivity index is 1.69. The number of amides is 2. The molecule has 30 heavy (non-hydrogen) atoms. The van der Waals surface area contributed by atoms with Crippen LogP contribution in [0, 0.1) is 11.3 Å². The Labute approximate surface area is 178 Å². The lowest BCUT2D eigenvalue weighted by Crippen LogP contribution is -2.33. The number of hydrogen-bond donors (Lipinski definition) is 2. The van der Waals surface area contributed by atoms with Gasteiger partial charge in [-0.1, -0.05) is 0 Å². The molecule has 1 aromatic heterocycles. The zero-order valence-corrected chi connectivity index (χ0v) is 18.1. The van der Waals surface area contributed by atoms with Crippen LogP contribution in [0.25, 0.3) is 0 Å². The molecule has 0 bridgehead atoms. The highest BCUT2D eigenvalue weighted by atomic mass is 16.5. The first-order valence-electron chi connectivity index (χ1n) is 11.0. The summed E-state index contributed by atoms with van der Waals surface area (Å²) in [7, 11) is 1.88. The van der Waals surface area contributed by atoms with Crippen LogP contribution in [0.4, 0.5) is 5.82 Å². The van der Waals surface area contributed by atoms with Crippen LogP contribution in [0.15, 0.2) is 0 Å². The van der Waals surface area contributed by atoms with Crippen LogP contribution >= 0.6 is 0 Å². The molecule has 1 aliphatic carbocycles. The number of carbonyl (C=O) groups is 2. The van der Waals surface area contributed by atoms with E-state index < -0.39 is 0 Å². The van der Waals surface area contributed by atoms with Crippen molar-refractivity contribution in [3.05, 3.63) is 16.8 Å². The van der Waals surface area contributed by atoms with Crippen LogP contribution in [0.2, 0.25) is 0 Å². The highest BCUT2D eigenvalue weighted by molar-refractivity contribution is 5.93. The zero-order valence-electron chi connectivity index (χ0n) is 18.1. The lowest BCUT2D eigenvalue weighted by molar-refractivity contribution is -0.119. The van der Waals surface area contributed by atoms with Crippen LogP contribution < -0.4 is 10.6 Å². The fourth-order valence-corrected chi connectivity index (χ4v) is 4.42. The van der Waals surface area contributed by atoms with Gasteiger partial charge in [-0.2, -0.15) is 5.26 Å². The van der Waals surface area contributed by atoms with Gasteiger partial charge in [-0.05, 0) is 57.6 Å². The molecule has 1 fully saturated rings. The third kappa shape index (κ3) is 5.61. The molecule has 164 valence electrons. The Kier molecular flexibility index (Phi) is 7.88. The van der Waals surface area contributed by atoms with Crippen LogP contribution in [0.3, 0.4) is 0 Å². The van der Waals surface area contributed by atoms with Crippen molar-refractivity contribution in [3.63, 3.8) is 0 Å². The van der Waals surface area contributed by atoms with Gasteiger partial charge in [0, 0.05) is 32.3 Å². The number of rotatable bonds is 9. The van der Waals surface area contributed by atoms with Crippen LogP contribution in [0.5, 0.6) is 0 Å². The molecule has 0 saturated carbocycles. The number of carbonyl (C=O) groups excluding carboxylic acids is 2. The van der Waals surface area contributed by atoms with Gasteiger partial charge in [0.1, 0.15) is 11.9 Å². The van der Waals surface area contributed by atoms with Gasteiger partial charge in [0.05, 0.1) is 24.8 Å². The zero-order chi connectivity index (χ0) is 21.5. The molecule has 2 amide bonds. The first-order chi connectivity index (χ1) is 14.5. The van der Waals surface area contributed by atoms with Crippen LogP contribution in [-0.2, 0) is 33.7 Å². The normalized spacial score (nSPS) is 18.1. The summed E-state index contributed by atoms with van der Waals surface area (Å²) < 4.78 is 7.97. The molecule has 1 saturated heterocycles. The summed E-state index contributed by atoms with van der Waals surface area (Å²) in [4.78, 5) is 25.6. The van der Waals surface area contributed by atoms with Crippen molar-refractivity contribution in [2.45, 2.75) is 64.5 Å². The van der Waals surface area contributed by atoms with Crippen molar-refractivity contribution in [3.8, 4) is 6.07 Å². The Morgan fingerprint density at radius 3 is 2.80 bits per heavy atom. The van der Waals surface area contributed by atoms with Crippen molar-refractivity contribution in [1.82, 2.24) is 14.8 Å². The number of ether oxygens (including phenoxy) is 1. The molecule has 0 radical (unpaired) electrons. The van der Waals surface area contributed by atoms with Gasteiger partial charge in [-0.15, -0.1) is 0 Å². The summed E-state index contributed by atoms with van der Waals surface area (Å²) in [6.45, 7) is 4.50. The number of nitriles is 1. The Morgan fingerprint density at radius 2 is 2.10 bits per heavy atom. The van der Waals surface area contributed by atoms with Crippen molar-refractivity contribution in [1.29, 1.82) is 5.26 Å². The van der Waals surface area contributed by atoms with Crippen LogP contribution in [0.1, 0.15) is 55.8 Å². The van der Waals surface area contributed by atoms with Crippen molar-refractivity contribution >= 4 is 17.6 Å². The van der Waals surface area contributed by atoms with Crippen molar-refractivity contribution < 1.29 is 14.3 Å². The van der Waals surface area contributed by atoms with Gasteiger partial charge in [-0.3, -0.25) is 14.5 Å². The fraction of sp³-hybridized carbons (Fsp3) is 0.682.